The van der Waals surface area contributed by atoms with Crippen LogP contribution in [0.2, 0.25) is 0 Å². The number of aliphatic hydroxyl groups is 8. The standard InChI is InChI=1S/C15H19NO6.C15H17NO4.C12H13NO4.C11H16O5S.C7H17NO4.C4H10O3.CH5N.2CH4/c17-9-11(18)10-22-8-7-21-6-5-16-14(19)12-3-1-2-4-13(12)15(16)20;1-2-8-19-10-11-20-9-7-16-14(17)12-5-3-4-6-13(12)15(16)18;14-6-8-17-7-5-13-11(15)9-3-1-2-4-10(9)12(13)16;1-10-2-4-11(5-3-10)17(13,14)16-9-8-15-7-6-12;8-1-2-11-3-4-12-6-7(10)5-9;5-1-3-7-4-2-6;1-2;;/h1-4,11,17-18H,5-10H2;2-6H,1,7-11H2;1-4,14H,5-8H2;2-5,12H,6-9H2,1H3;7,9-10H,1-6,8H2;5-6H,1-4H2;2H2,1H3;2*1H4/i17D;;;;9D;;;2*1T. The summed E-state index contributed by atoms with van der Waals surface area (Å²) in [6.07, 6.45) is 0.0801. The Kier molecular flexibility index (Phi) is 51.4. The fourth-order valence-electron chi connectivity index (χ4n) is 7.78. The number of nitrogens with two attached hydrogens (primary N) is 2. The molecule has 4 aromatic carbocycles. The van der Waals surface area contributed by atoms with Gasteiger partial charge in [-0.05, 0) is 62.5 Å². The summed E-state index contributed by atoms with van der Waals surface area (Å²) in [4.78, 5) is 75.6. The molecule has 0 radical (unpaired) electrons. The van der Waals surface area contributed by atoms with E-state index in [-0.39, 0.29) is 166 Å². The number of amides is 6. The molecule has 0 saturated heterocycles. The number of nitrogens with zero attached hydrogens (tertiary/aromatic N) is 3. The molecule has 3 heterocycles. The first-order valence-corrected chi connectivity index (χ1v) is 32.2. The molecule has 3 aliphatic heterocycles. The Morgan fingerprint density at radius 1 is 0.465 bits per heavy atom. The molecule has 12 N–H and O–H groups in total. The minimum atomic E-state index is -3.71. The Labute approximate surface area is 586 Å². The summed E-state index contributed by atoms with van der Waals surface area (Å²) in [7, 11) is 0.293. The second kappa shape index (κ2) is 58.9. The van der Waals surface area contributed by atoms with Gasteiger partial charge in [-0.1, -0.05) is 75.0 Å². The number of ether oxygens (including phenoxy) is 9. The number of carbonyl (C=O) groups excluding carboxylic acids is 6. The van der Waals surface area contributed by atoms with Crippen LogP contribution in [0.25, 0.3) is 0 Å². The van der Waals surface area contributed by atoms with Crippen molar-refractivity contribution in [1.82, 2.24) is 14.7 Å². The zero-order valence-corrected chi connectivity index (χ0v) is 57.8. The van der Waals surface area contributed by atoms with Crippen molar-refractivity contribution in [3.05, 3.63) is 149 Å². The van der Waals surface area contributed by atoms with Crippen molar-refractivity contribution in [2.24, 2.45) is 11.5 Å². The van der Waals surface area contributed by atoms with E-state index in [0.717, 1.165) is 5.56 Å². The average molecular weight is 1430 g/mol. The van der Waals surface area contributed by atoms with Gasteiger partial charge in [0.25, 0.3) is 45.6 Å². The third-order valence-electron chi connectivity index (χ3n) is 12.3. The Balaban J connectivity index is 0. The van der Waals surface area contributed by atoms with E-state index < -0.39 is 22.3 Å². The van der Waals surface area contributed by atoms with E-state index in [2.05, 4.69) is 27.3 Å². The van der Waals surface area contributed by atoms with Crippen molar-refractivity contribution < 1.29 is 128 Å². The van der Waals surface area contributed by atoms with Gasteiger partial charge < -0.3 is 95.0 Å². The lowest BCUT2D eigenvalue weighted by Crippen LogP contribution is -2.33. The monoisotopic (exact) mass is 1430 g/mol. The molecule has 2 unspecified atom stereocenters. The normalized spacial score (nSPS) is 13.4. The number of hydrogen-bond donors (Lipinski definition) is 10. The summed E-state index contributed by atoms with van der Waals surface area (Å²) >= 11 is 0. The van der Waals surface area contributed by atoms with Crippen molar-refractivity contribution in [1.29, 1.82) is 2.86 Å². The zero-order valence-electron chi connectivity index (χ0n) is 60.9. The molecule has 31 nitrogen and oxygen atoms in total. The lowest BCUT2D eigenvalue weighted by atomic mass is 10.1. The van der Waals surface area contributed by atoms with Crippen molar-refractivity contribution in [2.75, 3.05) is 198 Å². The molecule has 2 atom stereocenters. The van der Waals surface area contributed by atoms with Gasteiger partial charge >= 0.3 is 0 Å². The van der Waals surface area contributed by atoms with Crippen LogP contribution in [0, 0.1) is 6.92 Å². The van der Waals surface area contributed by atoms with Gasteiger partial charge in [-0.25, -0.2) is 0 Å². The third kappa shape index (κ3) is 37.4. The van der Waals surface area contributed by atoms with Crippen LogP contribution in [0.5, 0.6) is 0 Å². The predicted octanol–water partition coefficient (Wildman–Crippen LogP) is 0.338. The molecule has 0 bridgehead atoms. The van der Waals surface area contributed by atoms with E-state index in [1.165, 1.54) is 48.7 Å². The van der Waals surface area contributed by atoms with Gasteiger partial charge in [0.15, 0.2) is 0 Å². The van der Waals surface area contributed by atoms with Crippen LogP contribution >= 0.6 is 0 Å². The predicted molar refractivity (Wildman–Crippen MR) is 364 cm³/mol. The molecule has 0 aliphatic carbocycles. The average Bonchev–Trinajstić information content (AvgIpc) is 1.67. The van der Waals surface area contributed by atoms with Gasteiger partial charge in [-0.3, -0.25) is 47.7 Å². The number of carbonyl (C=O) groups is 6. The first-order valence-electron chi connectivity index (χ1n) is 33.6. The number of imide groups is 3. The molecule has 32 heteroatoms. The molecule has 4 aromatic rings. The van der Waals surface area contributed by atoms with E-state index in [1.54, 1.807) is 91.0 Å². The van der Waals surface area contributed by atoms with E-state index in [1.807, 2.05) is 6.92 Å². The minimum absolute atomic E-state index is 0.0278. The van der Waals surface area contributed by atoms with Gasteiger partial charge in [-0.15, -0.1) is 6.58 Å². The highest BCUT2D eigenvalue weighted by Crippen LogP contribution is 2.24. The summed E-state index contributed by atoms with van der Waals surface area (Å²) in [5.41, 5.74) is 13.3. The van der Waals surface area contributed by atoms with Crippen LogP contribution in [0.15, 0.2) is 115 Å². The summed E-state index contributed by atoms with van der Waals surface area (Å²) in [5, 5.41) is 59.4. The number of hydrogen-bond acceptors (Lipinski definition) is 28. The van der Waals surface area contributed by atoms with Gasteiger partial charge in [0, 0.05) is 9.29 Å². The smallest absolute Gasteiger partial charge is 0.297 e. The van der Waals surface area contributed by atoms with E-state index in [0.29, 0.717) is 99.4 Å². The van der Waals surface area contributed by atoms with Crippen LogP contribution in [-0.4, -0.2) is 313 Å². The summed E-state index contributed by atoms with van der Waals surface area (Å²) < 4.78 is 97.9. The Morgan fingerprint density at radius 3 is 1.06 bits per heavy atom. The summed E-state index contributed by atoms with van der Waals surface area (Å²) in [6, 6.07) is 26.7. The van der Waals surface area contributed by atoms with Crippen molar-refractivity contribution in [3.8, 4) is 0 Å². The fourth-order valence-corrected chi connectivity index (χ4v) is 8.67. The van der Waals surface area contributed by atoms with Crippen LogP contribution < -0.4 is 11.5 Å². The van der Waals surface area contributed by atoms with Crippen LogP contribution in [0.3, 0.4) is 0 Å². The number of aryl methyl sites for hydroxylation is 1. The van der Waals surface area contributed by atoms with Crippen molar-refractivity contribution in [2.45, 2.75) is 38.8 Å². The van der Waals surface area contributed by atoms with Gasteiger partial charge in [0.05, 0.1) is 223 Å². The Morgan fingerprint density at radius 2 is 0.747 bits per heavy atom. The SMILES string of the molecule is C=CCOCCOCCN1C(=O)c2ccccc2C1=O.CN.Cc1ccc(S(=O)(=O)OCCOCCO)cc1.O=C1c2ccccc2C(=O)N1CCOCCO.OCCOCCO.[2H]OCC(O)COCCOCCN.[2H]OCC(O)COCCOCCN1C(=O)c2ccccc2C1=O.[3H]C.[3H]C. The molecule has 6 amide bonds. The highest BCUT2D eigenvalue weighted by Gasteiger charge is 2.37. The number of benzene rings is 4. The van der Waals surface area contributed by atoms with E-state index in [4.69, 9.17) is 78.9 Å². The highest BCUT2D eigenvalue weighted by atomic mass is 32.2. The second-order valence-electron chi connectivity index (χ2n) is 19.5. The molecule has 7 rings (SSSR count). The third-order valence-corrected chi connectivity index (χ3v) is 13.7. The molecule has 0 spiro atoms. The van der Waals surface area contributed by atoms with Crippen LogP contribution in [0.1, 0.15) is 85.3 Å². The maximum absolute atomic E-state index is 12.1. The molecule has 99 heavy (non-hydrogen) atoms. The summed E-state index contributed by atoms with van der Waals surface area (Å²) in [6.45, 7) is 11.7. The second-order valence-corrected chi connectivity index (χ2v) is 21.1. The zero-order chi connectivity index (χ0) is 77.5. The quantitative estimate of drug-likeness (QED) is 0.0124. The van der Waals surface area contributed by atoms with Crippen molar-refractivity contribution >= 4 is 45.6 Å². The molecule has 3 aliphatic rings. The Hall–Kier alpha value is -6.81. The lowest BCUT2D eigenvalue weighted by Gasteiger charge is -2.14. The number of aliphatic hydroxyl groups excluding tert-OH is 8. The molecule has 0 saturated carbocycles. The van der Waals surface area contributed by atoms with E-state index in [9.17, 15) is 42.3 Å². The maximum Gasteiger partial charge on any atom is 0.297 e. The molecule has 0 aromatic heterocycles. The number of fused-ring (bicyclic) bond motifs is 3. The largest absolute Gasteiger partial charge is 0.394 e. The lowest BCUT2D eigenvalue weighted by molar-refractivity contribution is -0.0159. The van der Waals surface area contributed by atoms with Crippen molar-refractivity contribution in [3.63, 3.8) is 0 Å². The van der Waals surface area contributed by atoms with Crippen LogP contribution in [-0.2, 0) is 56.9 Å². The summed E-state index contributed by atoms with van der Waals surface area (Å²) in [5.74, 6) is -1.67. The first-order chi connectivity index (χ1) is 49.9. The maximum atomic E-state index is 12.1. The molecule has 560 valence electrons. The Bertz CT molecular complexity index is 2900. The minimum Gasteiger partial charge on any atom is -0.394 e. The fraction of sp³-hybridized carbons (Fsp3) is 0.522. The van der Waals surface area contributed by atoms with E-state index >= 15 is 0 Å². The van der Waals surface area contributed by atoms with Crippen LogP contribution in [0.4, 0.5) is 0 Å². The van der Waals surface area contributed by atoms with Gasteiger partial charge in [0.2, 0.25) is 2.86 Å². The first kappa shape index (κ1) is 86.4. The molecule has 0 fully saturated rings. The van der Waals surface area contributed by atoms with Gasteiger partial charge in [-0.2, -0.15) is 8.42 Å². The topological polar surface area (TPSA) is 452 Å². The molecular weight excluding hydrogens is 1320 g/mol. The molecular formula is C67H105N5O26S. The highest BCUT2D eigenvalue weighted by molar-refractivity contribution is 7.86. The number of rotatable bonds is 43. The van der Waals surface area contributed by atoms with Gasteiger partial charge in [0.1, 0.15) is 12.2 Å².